The van der Waals surface area contributed by atoms with Crippen molar-refractivity contribution in [1.82, 2.24) is 0 Å². The predicted octanol–water partition coefficient (Wildman–Crippen LogP) is 6.08. The van der Waals surface area contributed by atoms with Gasteiger partial charge in [-0.3, -0.25) is 4.79 Å². The number of rotatable bonds is 7. The van der Waals surface area contributed by atoms with E-state index in [1.807, 2.05) is 38.1 Å². The smallest absolute Gasteiger partial charge is 0.343 e. The Morgan fingerprint density at radius 1 is 0.774 bits per heavy atom. The maximum atomic E-state index is 12.6. The monoisotopic (exact) mass is 416 g/mol. The van der Waals surface area contributed by atoms with Gasteiger partial charge in [0.2, 0.25) is 0 Å². The van der Waals surface area contributed by atoms with Crippen molar-refractivity contribution in [2.24, 2.45) is 5.92 Å². The molecule has 160 valence electrons. The minimum atomic E-state index is -0.486. The van der Waals surface area contributed by atoms with Gasteiger partial charge < -0.3 is 9.47 Å². The number of ketones is 1. The average molecular weight is 417 g/mol. The molecule has 4 nitrogen and oxygen atoms in total. The van der Waals surface area contributed by atoms with E-state index in [0.29, 0.717) is 16.9 Å². The van der Waals surface area contributed by atoms with Crippen molar-refractivity contribution in [2.75, 3.05) is 7.11 Å². The van der Waals surface area contributed by atoms with Crippen LogP contribution in [0.2, 0.25) is 0 Å². The molecule has 0 aliphatic heterocycles. The number of carbonyl (C=O) groups excluding carboxylic acids is 2. The second-order valence-electron chi connectivity index (χ2n) is 8.37. The van der Waals surface area contributed by atoms with Crippen LogP contribution in [0.3, 0.4) is 0 Å². The van der Waals surface area contributed by atoms with Crippen molar-refractivity contribution in [3.05, 3.63) is 95.1 Å². The van der Waals surface area contributed by atoms with Gasteiger partial charge in [-0.15, -0.1) is 0 Å². The molecule has 0 fully saturated rings. The van der Waals surface area contributed by atoms with Gasteiger partial charge in [0.1, 0.15) is 11.5 Å². The van der Waals surface area contributed by atoms with E-state index in [-0.39, 0.29) is 17.1 Å². The van der Waals surface area contributed by atoms with E-state index in [2.05, 4.69) is 26.0 Å². The number of esters is 1. The molecule has 0 radical (unpaired) electrons. The number of hydrogen-bond acceptors (Lipinski definition) is 4. The van der Waals surface area contributed by atoms with Crippen LogP contribution in [-0.2, 0) is 5.41 Å². The summed E-state index contributed by atoms with van der Waals surface area (Å²) in [6.07, 6.45) is 0. The van der Waals surface area contributed by atoms with Gasteiger partial charge in [0, 0.05) is 16.9 Å². The summed E-state index contributed by atoms with van der Waals surface area (Å²) in [4.78, 5) is 24.8. The fourth-order valence-corrected chi connectivity index (χ4v) is 3.41. The first-order valence-electron chi connectivity index (χ1n) is 10.3. The number of methoxy groups -OCH3 is 1. The minimum absolute atomic E-state index is 0.000216. The molecule has 31 heavy (non-hydrogen) atoms. The molecule has 4 heteroatoms. The Kier molecular flexibility index (Phi) is 6.59. The lowest BCUT2D eigenvalue weighted by atomic mass is 9.78. The molecule has 0 aliphatic carbocycles. The molecule has 0 heterocycles. The highest BCUT2D eigenvalue weighted by Gasteiger charge is 2.23. The van der Waals surface area contributed by atoms with Gasteiger partial charge >= 0.3 is 5.97 Å². The Balaban J connectivity index is 1.75. The van der Waals surface area contributed by atoms with Gasteiger partial charge in [0.05, 0.1) is 12.7 Å². The molecule has 3 aromatic rings. The van der Waals surface area contributed by atoms with Crippen molar-refractivity contribution >= 4 is 11.8 Å². The average Bonchev–Trinajstić information content (AvgIpc) is 2.79. The van der Waals surface area contributed by atoms with Crippen LogP contribution in [0.4, 0.5) is 0 Å². The topological polar surface area (TPSA) is 52.6 Å². The zero-order chi connectivity index (χ0) is 22.6. The van der Waals surface area contributed by atoms with Crippen molar-refractivity contribution in [3.8, 4) is 11.5 Å². The minimum Gasteiger partial charge on any atom is -0.497 e. The molecule has 0 bridgehead atoms. The second kappa shape index (κ2) is 9.17. The third-order valence-electron chi connectivity index (χ3n) is 5.51. The Bertz CT molecular complexity index is 1060. The first-order valence-corrected chi connectivity index (χ1v) is 10.3. The molecule has 0 spiro atoms. The van der Waals surface area contributed by atoms with Crippen LogP contribution in [0.1, 0.15) is 59.5 Å². The quantitative estimate of drug-likeness (QED) is 0.266. The van der Waals surface area contributed by atoms with E-state index in [4.69, 9.17) is 9.47 Å². The largest absolute Gasteiger partial charge is 0.497 e. The number of Topliss-reactive ketones (excluding diaryl/α,β-unsaturated/α-hetero) is 1. The van der Waals surface area contributed by atoms with Gasteiger partial charge in [-0.25, -0.2) is 4.79 Å². The molecule has 3 rings (SSSR count). The maximum Gasteiger partial charge on any atom is 0.343 e. The Morgan fingerprint density at radius 3 is 1.81 bits per heavy atom. The highest BCUT2D eigenvalue weighted by molar-refractivity contribution is 6.00. The number of benzene rings is 3. The number of ether oxygens (including phenoxy) is 2. The molecule has 0 N–H and O–H groups in total. The summed E-state index contributed by atoms with van der Waals surface area (Å²) in [5.41, 5.74) is 2.90. The molecule has 0 saturated carbocycles. The molecular weight excluding hydrogens is 388 g/mol. The summed E-state index contributed by atoms with van der Waals surface area (Å²) in [5.74, 6) is 0.661. The highest BCUT2D eigenvalue weighted by atomic mass is 16.5. The first kappa shape index (κ1) is 22.3. The fraction of sp³-hybridized carbons (Fsp3) is 0.259. The van der Waals surface area contributed by atoms with Crippen molar-refractivity contribution in [1.29, 1.82) is 0 Å². The fourth-order valence-electron chi connectivity index (χ4n) is 3.41. The van der Waals surface area contributed by atoms with Crippen LogP contribution in [0, 0.1) is 5.92 Å². The summed E-state index contributed by atoms with van der Waals surface area (Å²) in [6.45, 7) is 7.96. The maximum absolute atomic E-state index is 12.6. The molecule has 0 amide bonds. The predicted molar refractivity (Wildman–Crippen MR) is 122 cm³/mol. The van der Waals surface area contributed by atoms with Gasteiger partial charge in [-0.05, 0) is 47.5 Å². The molecule has 0 aromatic heterocycles. The van der Waals surface area contributed by atoms with Gasteiger partial charge in [0.25, 0.3) is 0 Å². The molecule has 0 atom stereocenters. The van der Waals surface area contributed by atoms with Gasteiger partial charge in [-0.2, -0.15) is 0 Å². The summed E-state index contributed by atoms with van der Waals surface area (Å²) >= 11 is 0. The van der Waals surface area contributed by atoms with E-state index < -0.39 is 5.97 Å². The summed E-state index contributed by atoms with van der Waals surface area (Å²) in [6, 6.07) is 22.2. The second-order valence-corrected chi connectivity index (χ2v) is 8.37. The van der Waals surface area contributed by atoms with Crippen LogP contribution < -0.4 is 9.47 Å². The van der Waals surface area contributed by atoms with E-state index in [1.54, 1.807) is 43.5 Å². The van der Waals surface area contributed by atoms with Crippen LogP contribution in [0.15, 0.2) is 72.8 Å². The van der Waals surface area contributed by atoms with Crippen molar-refractivity contribution in [2.45, 2.75) is 33.1 Å². The van der Waals surface area contributed by atoms with E-state index in [1.165, 1.54) is 0 Å². The van der Waals surface area contributed by atoms with Gasteiger partial charge in [-0.1, -0.05) is 64.1 Å². The Hall–Kier alpha value is -3.40. The molecule has 0 aliphatic rings. The zero-order valence-electron chi connectivity index (χ0n) is 18.6. The van der Waals surface area contributed by atoms with Crippen LogP contribution >= 0.6 is 0 Å². The zero-order valence-corrected chi connectivity index (χ0v) is 18.6. The molecule has 0 saturated heterocycles. The summed E-state index contributed by atoms with van der Waals surface area (Å²) in [5, 5.41) is 0. The highest BCUT2D eigenvalue weighted by Crippen LogP contribution is 2.33. The van der Waals surface area contributed by atoms with Crippen LogP contribution in [0.5, 0.6) is 11.5 Å². The van der Waals surface area contributed by atoms with Crippen LogP contribution in [-0.4, -0.2) is 18.9 Å². The molecule has 3 aromatic carbocycles. The van der Waals surface area contributed by atoms with Crippen molar-refractivity contribution < 1.29 is 19.1 Å². The molecule has 0 unspecified atom stereocenters. The van der Waals surface area contributed by atoms with Crippen molar-refractivity contribution in [3.63, 3.8) is 0 Å². The lowest BCUT2D eigenvalue weighted by Gasteiger charge is -2.26. The Labute approximate surface area is 183 Å². The summed E-state index contributed by atoms with van der Waals surface area (Å²) in [7, 11) is 1.65. The lowest BCUT2D eigenvalue weighted by molar-refractivity contribution is 0.0734. The van der Waals surface area contributed by atoms with E-state index in [9.17, 15) is 9.59 Å². The summed E-state index contributed by atoms with van der Waals surface area (Å²) < 4.78 is 10.8. The normalized spacial score (nSPS) is 11.3. The standard InChI is InChI=1S/C27H28O4/c1-18(2)25(28)19-7-6-8-20(17-19)26(29)31-24-15-11-22(12-16-24)27(3,4)21-9-13-23(30-5)14-10-21/h6-18H,1-5H3. The first-order chi connectivity index (χ1) is 14.7. The van der Waals surface area contributed by atoms with E-state index in [0.717, 1.165) is 16.9 Å². The third-order valence-corrected chi connectivity index (χ3v) is 5.51. The van der Waals surface area contributed by atoms with Crippen LogP contribution in [0.25, 0.3) is 0 Å². The lowest BCUT2D eigenvalue weighted by Crippen LogP contribution is -2.18. The van der Waals surface area contributed by atoms with Gasteiger partial charge in [0.15, 0.2) is 5.78 Å². The Morgan fingerprint density at radius 2 is 1.29 bits per heavy atom. The molecular formula is C27H28O4. The number of hydrogen-bond donors (Lipinski definition) is 0. The third kappa shape index (κ3) is 5.02. The van der Waals surface area contributed by atoms with E-state index >= 15 is 0 Å². The SMILES string of the molecule is COc1ccc(C(C)(C)c2ccc(OC(=O)c3cccc(C(=O)C(C)C)c3)cc2)cc1. The number of carbonyl (C=O) groups is 2.